The van der Waals surface area contributed by atoms with Gasteiger partial charge in [0.2, 0.25) is 5.91 Å². The van der Waals surface area contributed by atoms with Gasteiger partial charge in [0.05, 0.1) is 12.1 Å². The molecule has 0 aromatic heterocycles. The fraction of sp³-hybridized carbons (Fsp3) is 0.222. The van der Waals surface area contributed by atoms with Crippen LogP contribution in [-0.4, -0.2) is 25.5 Å². The van der Waals surface area contributed by atoms with Gasteiger partial charge in [-0.2, -0.15) is 0 Å². The molecule has 0 saturated carbocycles. The standard InChI is InChI=1S/C18H18Cl2N2O3/c1-25-16-9-8-14(11-15(16)20)22-17(23)3-2-10-21-18(24)12-4-6-13(19)7-5-12/h4-9,11H,2-3,10H2,1H3,(H,21,24)(H,22,23). The van der Waals surface area contributed by atoms with Crippen molar-refractivity contribution in [2.24, 2.45) is 0 Å². The number of ether oxygens (including phenoxy) is 1. The van der Waals surface area contributed by atoms with Gasteiger partial charge in [-0.3, -0.25) is 9.59 Å². The second kappa shape index (κ2) is 9.30. The number of nitrogens with one attached hydrogen (secondary N) is 2. The van der Waals surface area contributed by atoms with Crippen LogP contribution < -0.4 is 15.4 Å². The molecule has 0 saturated heterocycles. The Labute approximate surface area is 156 Å². The van der Waals surface area contributed by atoms with E-state index in [-0.39, 0.29) is 18.2 Å². The fourth-order valence-electron chi connectivity index (χ4n) is 2.12. The summed E-state index contributed by atoms with van der Waals surface area (Å²) in [5.41, 5.74) is 1.13. The first-order valence-corrected chi connectivity index (χ1v) is 8.42. The second-order valence-electron chi connectivity index (χ2n) is 5.26. The van der Waals surface area contributed by atoms with E-state index in [2.05, 4.69) is 10.6 Å². The van der Waals surface area contributed by atoms with Crippen molar-refractivity contribution in [3.05, 3.63) is 58.1 Å². The minimum Gasteiger partial charge on any atom is -0.495 e. The first kappa shape index (κ1) is 19.1. The number of anilines is 1. The number of halogens is 2. The minimum atomic E-state index is -0.195. The van der Waals surface area contributed by atoms with E-state index in [0.717, 1.165) is 0 Å². The first-order chi connectivity index (χ1) is 12.0. The Kier molecular flexibility index (Phi) is 7.10. The van der Waals surface area contributed by atoms with Crippen LogP contribution in [0.25, 0.3) is 0 Å². The molecule has 0 aliphatic heterocycles. The number of hydrogen-bond donors (Lipinski definition) is 2. The largest absolute Gasteiger partial charge is 0.495 e. The molecule has 5 nitrogen and oxygen atoms in total. The first-order valence-electron chi connectivity index (χ1n) is 7.67. The van der Waals surface area contributed by atoms with Gasteiger partial charge < -0.3 is 15.4 Å². The van der Waals surface area contributed by atoms with Gasteiger partial charge in [0.25, 0.3) is 5.91 Å². The Morgan fingerprint density at radius 3 is 2.44 bits per heavy atom. The van der Waals surface area contributed by atoms with Crippen LogP contribution >= 0.6 is 23.2 Å². The summed E-state index contributed by atoms with van der Waals surface area (Å²) in [6.45, 7) is 0.401. The molecular weight excluding hydrogens is 363 g/mol. The lowest BCUT2D eigenvalue weighted by atomic mass is 10.2. The number of carbonyl (C=O) groups excluding carboxylic acids is 2. The molecular formula is C18H18Cl2N2O3. The molecule has 2 N–H and O–H groups in total. The van der Waals surface area contributed by atoms with Gasteiger partial charge in [0, 0.05) is 29.2 Å². The van der Waals surface area contributed by atoms with Crippen LogP contribution in [0.5, 0.6) is 5.75 Å². The zero-order valence-electron chi connectivity index (χ0n) is 13.6. The lowest BCUT2D eigenvalue weighted by Crippen LogP contribution is -2.25. The predicted octanol–water partition coefficient (Wildman–Crippen LogP) is 4.15. The van der Waals surface area contributed by atoms with Gasteiger partial charge in [0.15, 0.2) is 0 Å². The van der Waals surface area contributed by atoms with Crippen molar-refractivity contribution in [2.45, 2.75) is 12.8 Å². The van der Waals surface area contributed by atoms with E-state index < -0.39 is 0 Å². The molecule has 0 aliphatic carbocycles. The summed E-state index contributed by atoms with van der Waals surface area (Å²) >= 11 is 11.8. The molecule has 2 amide bonds. The zero-order chi connectivity index (χ0) is 18.2. The number of rotatable bonds is 7. The van der Waals surface area contributed by atoms with Crippen LogP contribution in [0.4, 0.5) is 5.69 Å². The zero-order valence-corrected chi connectivity index (χ0v) is 15.2. The van der Waals surface area contributed by atoms with E-state index in [4.69, 9.17) is 27.9 Å². The summed E-state index contributed by atoms with van der Waals surface area (Å²) in [4.78, 5) is 23.8. The highest BCUT2D eigenvalue weighted by Gasteiger charge is 2.07. The molecule has 0 unspecified atom stereocenters. The average Bonchev–Trinajstić information content (AvgIpc) is 2.59. The van der Waals surface area contributed by atoms with Gasteiger partial charge >= 0.3 is 0 Å². The summed E-state index contributed by atoms with van der Waals surface area (Å²) in [6.07, 6.45) is 0.805. The molecule has 0 fully saturated rings. The maximum absolute atomic E-state index is 11.9. The minimum absolute atomic E-state index is 0.151. The van der Waals surface area contributed by atoms with Gasteiger partial charge in [-0.25, -0.2) is 0 Å². The Bertz CT molecular complexity index is 748. The Balaban J connectivity index is 1.72. The number of amides is 2. The van der Waals surface area contributed by atoms with Crippen molar-refractivity contribution >= 4 is 40.7 Å². The van der Waals surface area contributed by atoms with Gasteiger partial charge in [0.1, 0.15) is 5.75 Å². The molecule has 132 valence electrons. The topological polar surface area (TPSA) is 67.4 Å². The monoisotopic (exact) mass is 380 g/mol. The smallest absolute Gasteiger partial charge is 0.251 e. The molecule has 2 aromatic carbocycles. The highest BCUT2D eigenvalue weighted by molar-refractivity contribution is 6.32. The molecule has 0 atom stereocenters. The summed E-state index contributed by atoms with van der Waals surface area (Å²) in [6, 6.07) is 11.6. The second-order valence-corrected chi connectivity index (χ2v) is 6.11. The quantitative estimate of drug-likeness (QED) is 0.708. The van der Waals surface area contributed by atoms with E-state index in [0.29, 0.717) is 40.0 Å². The number of carbonyl (C=O) groups is 2. The molecule has 0 spiro atoms. The third-order valence-electron chi connectivity index (χ3n) is 3.41. The number of hydrogen-bond acceptors (Lipinski definition) is 3. The SMILES string of the molecule is COc1ccc(NC(=O)CCCNC(=O)c2ccc(Cl)cc2)cc1Cl. The molecule has 0 aliphatic rings. The van der Waals surface area contributed by atoms with Crippen molar-refractivity contribution in [3.63, 3.8) is 0 Å². The van der Waals surface area contributed by atoms with Gasteiger partial charge in [-0.05, 0) is 48.9 Å². The number of benzene rings is 2. The van der Waals surface area contributed by atoms with Crippen LogP contribution in [-0.2, 0) is 4.79 Å². The van der Waals surface area contributed by atoms with Crippen molar-refractivity contribution in [1.82, 2.24) is 5.32 Å². The lowest BCUT2D eigenvalue weighted by molar-refractivity contribution is -0.116. The van der Waals surface area contributed by atoms with Crippen LogP contribution in [0.15, 0.2) is 42.5 Å². The normalized spacial score (nSPS) is 10.2. The Morgan fingerprint density at radius 1 is 1.08 bits per heavy atom. The number of methoxy groups -OCH3 is 1. The van der Waals surface area contributed by atoms with E-state index in [1.54, 1.807) is 42.5 Å². The Morgan fingerprint density at radius 2 is 1.80 bits per heavy atom. The van der Waals surface area contributed by atoms with Crippen LogP contribution in [0.1, 0.15) is 23.2 Å². The predicted molar refractivity (Wildman–Crippen MR) is 99.7 cm³/mol. The molecule has 0 radical (unpaired) electrons. The van der Waals surface area contributed by atoms with E-state index in [1.165, 1.54) is 7.11 Å². The summed E-state index contributed by atoms with van der Waals surface area (Å²) in [5, 5.41) is 6.52. The van der Waals surface area contributed by atoms with E-state index >= 15 is 0 Å². The van der Waals surface area contributed by atoms with Crippen LogP contribution in [0.2, 0.25) is 10.0 Å². The highest BCUT2D eigenvalue weighted by atomic mass is 35.5. The van der Waals surface area contributed by atoms with E-state index in [1.807, 2.05) is 0 Å². The summed E-state index contributed by atoms with van der Waals surface area (Å²) in [5.74, 6) is 0.200. The van der Waals surface area contributed by atoms with Crippen LogP contribution in [0.3, 0.4) is 0 Å². The average molecular weight is 381 g/mol. The molecule has 0 bridgehead atoms. The summed E-state index contributed by atoms with van der Waals surface area (Å²) < 4.78 is 5.06. The third kappa shape index (κ3) is 5.96. The van der Waals surface area contributed by atoms with Crippen molar-refractivity contribution in [2.75, 3.05) is 19.0 Å². The maximum atomic E-state index is 11.9. The third-order valence-corrected chi connectivity index (χ3v) is 3.96. The molecule has 2 rings (SSSR count). The lowest BCUT2D eigenvalue weighted by Gasteiger charge is -2.08. The maximum Gasteiger partial charge on any atom is 0.251 e. The molecule has 2 aromatic rings. The van der Waals surface area contributed by atoms with Crippen LogP contribution in [0, 0.1) is 0 Å². The molecule has 7 heteroatoms. The highest BCUT2D eigenvalue weighted by Crippen LogP contribution is 2.27. The van der Waals surface area contributed by atoms with Crippen molar-refractivity contribution < 1.29 is 14.3 Å². The van der Waals surface area contributed by atoms with Gasteiger partial charge in [-0.15, -0.1) is 0 Å². The molecule has 0 heterocycles. The molecule has 25 heavy (non-hydrogen) atoms. The van der Waals surface area contributed by atoms with Crippen molar-refractivity contribution in [3.8, 4) is 5.75 Å². The Hall–Kier alpha value is -2.24. The fourth-order valence-corrected chi connectivity index (χ4v) is 2.51. The summed E-state index contributed by atoms with van der Waals surface area (Å²) in [7, 11) is 1.53. The van der Waals surface area contributed by atoms with E-state index in [9.17, 15) is 9.59 Å². The van der Waals surface area contributed by atoms with Gasteiger partial charge in [-0.1, -0.05) is 23.2 Å². The van der Waals surface area contributed by atoms with Crippen molar-refractivity contribution in [1.29, 1.82) is 0 Å².